The highest BCUT2D eigenvalue weighted by Gasteiger charge is 2.17. The van der Waals surface area contributed by atoms with Crippen molar-refractivity contribution < 1.29 is 0 Å². The molecule has 0 aromatic heterocycles. The molecule has 0 aromatic rings. The quantitative estimate of drug-likeness (QED) is 0.626. The molecule has 0 saturated carbocycles. The van der Waals surface area contributed by atoms with E-state index in [4.69, 9.17) is 0 Å². The molecular weight excluding hydrogens is 148 g/mol. The Kier molecular flexibility index (Phi) is 4.62. The molecule has 1 aliphatic rings. The van der Waals surface area contributed by atoms with Crippen LogP contribution < -0.4 is 5.32 Å². The van der Waals surface area contributed by atoms with E-state index in [9.17, 15) is 0 Å². The van der Waals surface area contributed by atoms with E-state index in [2.05, 4.69) is 24.1 Å². The fraction of sp³-hybridized carbons (Fsp3) is 1.00. The molecule has 0 bridgehead atoms. The van der Waals surface area contributed by atoms with Crippen molar-refractivity contribution in [1.29, 1.82) is 0 Å². The molecule has 2 heteroatoms. The molecule has 1 aliphatic heterocycles. The van der Waals surface area contributed by atoms with Crippen molar-refractivity contribution in [2.24, 2.45) is 5.92 Å². The lowest BCUT2D eigenvalue weighted by Crippen LogP contribution is -2.30. The SMILES string of the molecule is CCCNCCN1CCC(C)C1. The van der Waals surface area contributed by atoms with Gasteiger partial charge < -0.3 is 10.2 Å². The third kappa shape index (κ3) is 3.55. The van der Waals surface area contributed by atoms with Crippen LogP contribution in [0.4, 0.5) is 0 Å². The van der Waals surface area contributed by atoms with Gasteiger partial charge in [-0.15, -0.1) is 0 Å². The maximum atomic E-state index is 3.44. The van der Waals surface area contributed by atoms with Gasteiger partial charge >= 0.3 is 0 Å². The summed E-state index contributed by atoms with van der Waals surface area (Å²) in [4.78, 5) is 2.56. The minimum Gasteiger partial charge on any atom is -0.315 e. The fourth-order valence-corrected chi connectivity index (χ4v) is 1.77. The molecule has 1 N–H and O–H groups in total. The first-order valence-corrected chi connectivity index (χ1v) is 5.26. The summed E-state index contributed by atoms with van der Waals surface area (Å²) in [7, 11) is 0. The van der Waals surface area contributed by atoms with Crippen molar-refractivity contribution in [2.75, 3.05) is 32.7 Å². The first kappa shape index (κ1) is 10.0. The second-order valence-corrected chi connectivity index (χ2v) is 3.94. The summed E-state index contributed by atoms with van der Waals surface area (Å²) in [6.45, 7) is 10.8. The smallest absolute Gasteiger partial charge is 0.0107 e. The second kappa shape index (κ2) is 5.55. The van der Waals surface area contributed by atoms with Gasteiger partial charge in [0.15, 0.2) is 0 Å². The van der Waals surface area contributed by atoms with Crippen LogP contribution in [0.25, 0.3) is 0 Å². The van der Waals surface area contributed by atoms with Crippen LogP contribution in [0.5, 0.6) is 0 Å². The lowest BCUT2D eigenvalue weighted by atomic mass is 10.2. The molecular formula is C10H22N2. The van der Waals surface area contributed by atoms with E-state index in [1.165, 1.54) is 45.6 Å². The highest BCUT2D eigenvalue weighted by molar-refractivity contribution is 4.72. The zero-order valence-corrected chi connectivity index (χ0v) is 8.47. The molecule has 1 saturated heterocycles. The van der Waals surface area contributed by atoms with E-state index < -0.39 is 0 Å². The maximum absolute atomic E-state index is 3.44. The highest BCUT2D eigenvalue weighted by Crippen LogP contribution is 2.13. The lowest BCUT2D eigenvalue weighted by molar-refractivity contribution is 0.326. The number of nitrogens with one attached hydrogen (secondary N) is 1. The normalized spacial score (nSPS) is 25.0. The molecule has 72 valence electrons. The average molecular weight is 170 g/mol. The largest absolute Gasteiger partial charge is 0.315 e. The Morgan fingerprint density at radius 2 is 2.25 bits per heavy atom. The summed E-state index contributed by atoms with van der Waals surface area (Å²) < 4.78 is 0. The Hall–Kier alpha value is -0.0800. The highest BCUT2D eigenvalue weighted by atomic mass is 15.2. The van der Waals surface area contributed by atoms with Gasteiger partial charge in [-0.25, -0.2) is 0 Å². The molecule has 1 atom stereocenters. The maximum Gasteiger partial charge on any atom is 0.0107 e. The summed E-state index contributed by atoms with van der Waals surface area (Å²) in [6, 6.07) is 0. The molecule has 1 heterocycles. The summed E-state index contributed by atoms with van der Waals surface area (Å²) in [5.74, 6) is 0.927. The summed E-state index contributed by atoms with van der Waals surface area (Å²) in [5.41, 5.74) is 0. The van der Waals surface area contributed by atoms with Crippen molar-refractivity contribution in [1.82, 2.24) is 10.2 Å². The lowest BCUT2D eigenvalue weighted by Gasteiger charge is -2.14. The van der Waals surface area contributed by atoms with Gasteiger partial charge in [0.05, 0.1) is 0 Å². The summed E-state index contributed by atoms with van der Waals surface area (Å²) >= 11 is 0. The first-order valence-electron chi connectivity index (χ1n) is 5.26. The molecule has 1 unspecified atom stereocenters. The monoisotopic (exact) mass is 170 g/mol. The van der Waals surface area contributed by atoms with E-state index in [0.717, 1.165) is 5.92 Å². The van der Waals surface area contributed by atoms with Gasteiger partial charge in [0.1, 0.15) is 0 Å². The van der Waals surface area contributed by atoms with Crippen LogP contribution in [0, 0.1) is 5.92 Å². The van der Waals surface area contributed by atoms with E-state index in [1.54, 1.807) is 0 Å². The molecule has 0 radical (unpaired) electrons. The topological polar surface area (TPSA) is 15.3 Å². The van der Waals surface area contributed by atoms with Crippen LogP contribution in [0.1, 0.15) is 26.7 Å². The van der Waals surface area contributed by atoms with Crippen molar-refractivity contribution in [2.45, 2.75) is 26.7 Å². The molecule has 0 spiro atoms. The van der Waals surface area contributed by atoms with Gasteiger partial charge in [-0.1, -0.05) is 13.8 Å². The Labute approximate surface area is 76.3 Å². The van der Waals surface area contributed by atoms with Crippen LogP contribution >= 0.6 is 0 Å². The molecule has 12 heavy (non-hydrogen) atoms. The van der Waals surface area contributed by atoms with Gasteiger partial charge in [-0.05, 0) is 31.8 Å². The minimum absolute atomic E-state index is 0.927. The van der Waals surface area contributed by atoms with E-state index in [1.807, 2.05) is 0 Å². The standard InChI is InChI=1S/C10H22N2/c1-3-5-11-6-8-12-7-4-10(2)9-12/h10-11H,3-9H2,1-2H3. The van der Waals surface area contributed by atoms with Crippen molar-refractivity contribution in [3.63, 3.8) is 0 Å². The van der Waals surface area contributed by atoms with Crippen LogP contribution in [0.2, 0.25) is 0 Å². The predicted molar refractivity (Wildman–Crippen MR) is 53.4 cm³/mol. The third-order valence-corrected chi connectivity index (χ3v) is 2.54. The Balaban J connectivity index is 1.93. The molecule has 1 rings (SSSR count). The molecule has 0 amide bonds. The van der Waals surface area contributed by atoms with Crippen LogP contribution in [-0.2, 0) is 0 Å². The van der Waals surface area contributed by atoms with Crippen LogP contribution in [0.15, 0.2) is 0 Å². The Morgan fingerprint density at radius 3 is 2.83 bits per heavy atom. The van der Waals surface area contributed by atoms with Crippen LogP contribution in [-0.4, -0.2) is 37.6 Å². The van der Waals surface area contributed by atoms with Gasteiger partial charge in [0.25, 0.3) is 0 Å². The number of hydrogen-bond acceptors (Lipinski definition) is 2. The van der Waals surface area contributed by atoms with Gasteiger partial charge in [-0.2, -0.15) is 0 Å². The number of likely N-dealkylation sites (tertiary alicyclic amines) is 1. The number of rotatable bonds is 5. The van der Waals surface area contributed by atoms with Crippen molar-refractivity contribution in [3.8, 4) is 0 Å². The third-order valence-electron chi connectivity index (χ3n) is 2.54. The van der Waals surface area contributed by atoms with Gasteiger partial charge in [0, 0.05) is 19.6 Å². The van der Waals surface area contributed by atoms with E-state index in [-0.39, 0.29) is 0 Å². The zero-order chi connectivity index (χ0) is 8.81. The Morgan fingerprint density at radius 1 is 1.42 bits per heavy atom. The zero-order valence-electron chi connectivity index (χ0n) is 8.47. The van der Waals surface area contributed by atoms with Crippen molar-refractivity contribution >= 4 is 0 Å². The number of nitrogens with zero attached hydrogens (tertiary/aromatic N) is 1. The minimum atomic E-state index is 0.927. The summed E-state index contributed by atoms with van der Waals surface area (Å²) in [5, 5.41) is 3.44. The molecule has 2 nitrogen and oxygen atoms in total. The summed E-state index contributed by atoms with van der Waals surface area (Å²) in [6.07, 6.45) is 2.64. The molecule has 0 aromatic carbocycles. The predicted octanol–water partition coefficient (Wildman–Crippen LogP) is 1.33. The van der Waals surface area contributed by atoms with E-state index >= 15 is 0 Å². The van der Waals surface area contributed by atoms with Crippen molar-refractivity contribution in [3.05, 3.63) is 0 Å². The first-order chi connectivity index (χ1) is 5.83. The average Bonchev–Trinajstić information content (AvgIpc) is 2.45. The molecule has 1 fully saturated rings. The number of hydrogen-bond donors (Lipinski definition) is 1. The van der Waals surface area contributed by atoms with Gasteiger partial charge in [-0.3, -0.25) is 0 Å². The second-order valence-electron chi connectivity index (χ2n) is 3.94. The Bertz CT molecular complexity index is 114. The van der Waals surface area contributed by atoms with E-state index in [0.29, 0.717) is 0 Å². The van der Waals surface area contributed by atoms with Crippen LogP contribution in [0.3, 0.4) is 0 Å². The molecule has 0 aliphatic carbocycles. The fourth-order valence-electron chi connectivity index (χ4n) is 1.77. The van der Waals surface area contributed by atoms with Gasteiger partial charge in [0.2, 0.25) is 0 Å².